The van der Waals surface area contributed by atoms with E-state index in [1.807, 2.05) is 0 Å². The number of hydrogen-bond acceptors (Lipinski definition) is 1. The highest BCUT2D eigenvalue weighted by molar-refractivity contribution is 6.82. The molecule has 2 rings (SSSR count). The van der Waals surface area contributed by atoms with Gasteiger partial charge in [0.05, 0.1) is 8.07 Å². The second-order valence-electron chi connectivity index (χ2n) is 9.34. The molecule has 0 aliphatic heterocycles. The highest BCUT2D eigenvalue weighted by Crippen LogP contribution is 2.57. The fraction of sp³-hybridized carbons (Fsp3) is 0.636. The summed E-state index contributed by atoms with van der Waals surface area (Å²) in [6.07, 6.45) is 7.81. The molecule has 0 spiro atoms. The molecule has 0 radical (unpaired) electrons. The van der Waals surface area contributed by atoms with Crippen LogP contribution >= 0.6 is 0 Å². The lowest BCUT2D eigenvalue weighted by atomic mass is 9.81. The van der Waals surface area contributed by atoms with Crippen molar-refractivity contribution in [2.24, 2.45) is 5.41 Å². The van der Waals surface area contributed by atoms with Crippen molar-refractivity contribution in [1.82, 2.24) is 5.32 Å². The van der Waals surface area contributed by atoms with E-state index >= 15 is 0 Å². The molecule has 1 N–H and O–H groups in total. The Kier molecular flexibility index (Phi) is 6.14. The first kappa shape index (κ1) is 19.5. The highest BCUT2D eigenvalue weighted by atomic mass is 28.3. The number of rotatable bonds is 7. The van der Waals surface area contributed by atoms with E-state index in [2.05, 4.69) is 82.2 Å². The normalized spacial score (nSPS) is 19.2. The molecule has 0 heterocycles. The van der Waals surface area contributed by atoms with E-state index in [9.17, 15) is 0 Å². The molecular formula is C22H37NSi. The number of hydrogen-bond donors (Lipinski definition) is 1. The molecule has 1 atom stereocenters. The molecule has 0 bridgehead atoms. The van der Waals surface area contributed by atoms with Crippen molar-refractivity contribution in [3.05, 3.63) is 48.6 Å². The van der Waals surface area contributed by atoms with Crippen LogP contribution in [0.1, 0.15) is 52.0 Å². The van der Waals surface area contributed by atoms with E-state index in [0.717, 1.165) is 13.1 Å². The Hall–Kier alpha value is -0.863. The summed E-state index contributed by atoms with van der Waals surface area (Å²) in [7, 11) is -1.46. The maximum atomic E-state index is 4.30. The van der Waals surface area contributed by atoms with Gasteiger partial charge in [-0.2, -0.15) is 0 Å². The first-order chi connectivity index (χ1) is 11.2. The number of allylic oxidation sites excluding steroid dienone is 1. The second kappa shape index (κ2) is 7.57. The lowest BCUT2D eigenvalue weighted by Crippen LogP contribution is -2.50. The summed E-state index contributed by atoms with van der Waals surface area (Å²) in [4.78, 5) is 0. The summed E-state index contributed by atoms with van der Waals surface area (Å²) in [6, 6.07) is 10.8. The quantitative estimate of drug-likeness (QED) is 0.446. The molecule has 1 aromatic rings. The molecule has 1 unspecified atom stereocenters. The van der Waals surface area contributed by atoms with E-state index in [-0.39, 0.29) is 0 Å². The highest BCUT2D eigenvalue weighted by Gasteiger charge is 2.51. The van der Waals surface area contributed by atoms with Crippen LogP contribution < -0.4 is 5.32 Å². The summed E-state index contributed by atoms with van der Waals surface area (Å²) in [6.45, 7) is 18.9. The zero-order chi connectivity index (χ0) is 17.8. The van der Waals surface area contributed by atoms with Crippen LogP contribution in [-0.4, -0.2) is 14.6 Å². The molecule has 1 aromatic carbocycles. The topological polar surface area (TPSA) is 12.0 Å². The molecule has 134 valence electrons. The summed E-state index contributed by atoms with van der Waals surface area (Å²) in [5, 5.41) is 4.20. The lowest BCUT2D eigenvalue weighted by Gasteiger charge is -2.50. The van der Waals surface area contributed by atoms with Gasteiger partial charge in [0.25, 0.3) is 0 Å². The molecule has 1 aliphatic rings. The van der Waals surface area contributed by atoms with Gasteiger partial charge < -0.3 is 5.32 Å². The zero-order valence-corrected chi connectivity index (χ0v) is 17.5. The monoisotopic (exact) mass is 343 g/mol. The third-order valence-corrected chi connectivity index (χ3v) is 13.1. The van der Waals surface area contributed by atoms with Crippen LogP contribution in [0.5, 0.6) is 0 Å². The predicted molar refractivity (Wildman–Crippen MR) is 110 cm³/mol. The standard InChI is InChI=1S/C22H37NSi/c1-7-20(24(5,6)21(2,3)4)22(15-11-12-16-22)18-23-17-19-13-9-8-10-14-19/h7-10,13-14,20,23H,1,11-12,15-18H2,2-6H3. The molecule has 0 aromatic heterocycles. The van der Waals surface area contributed by atoms with E-state index in [1.165, 1.54) is 31.2 Å². The van der Waals surface area contributed by atoms with Gasteiger partial charge in [-0.05, 0) is 34.4 Å². The van der Waals surface area contributed by atoms with Gasteiger partial charge in [-0.3, -0.25) is 0 Å². The second-order valence-corrected chi connectivity index (χ2v) is 14.9. The lowest BCUT2D eigenvalue weighted by molar-refractivity contribution is 0.274. The fourth-order valence-corrected chi connectivity index (χ4v) is 7.95. The minimum absolute atomic E-state index is 0.404. The Morgan fingerprint density at radius 2 is 1.75 bits per heavy atom. The van der Waals surface area contributed by atoms with Crippen LogP contribution in [0.4, 0.5) is 0 Å². The first-order valence-electron chi connectivity index (χ1n) is 9.60. The average Bonchev–Trinajstić information content (AvgIpc) is 2.97. The molecule has 1 fully saturated rings. The Morgan fingerprint density at radius 3 is 2.25 bits per heavy atom. The molecule has 0 amide bonds. The minimum Gasteiger partial charge on any atom is -0.312 e. The molecule has 24 heavy (non-hydrogen) atoms. The van der Waals surface area contributed by atoms with Crippen molar-refractivity contribution < 1.29 is 0 Å². The van der Waals surface area contributed by atoms with E-state index in [0.29, 0.717) is 16.0 Å². The number of benzene rings is 1. The van der Waals surface area contributed by atoms with Gasteiger partial charge in [-0.1, -0.05) is 83.1 Å². The SMILES string of the molecule is C=CC(C1(CNCc2ccccc2)CCCC1)[Si](C)(C)C(C)(C)C. The van der Waals surface area contributed by atoms with Crippen molar-refractivity contribution in [2.75, 3.05) is 6.54 Å². The van der Waals surface area contributed by atoms with Gasteiger partial charge in [0.2, 0.25) is 0 Å². The smallest absolute Gasteiger partial charge is 0.0604 e. The van der Waals surface area contributed by atoms with Gasteiger partial charge in [0, 0.05) is 13.1 Å². The van der Waals surface area contributed by atoms with Crippen LogP contribution in [-0.2, 0) is 6.54 Å². The maximum absolute atomic E-state index is 4.30. The third kappa shape index (κ3) is 4.03. The largest absolute Gasteiger partial charge is 0.312 e. The van der Waals surface area contributed by atoms with E-state index in [4.69, 9.17) is 0 Å². The summed E-state index contributed by atoms with van der Waals surface area (Å²) in [5.74, 6) is 0. The van der Waals surface area contributed by atoms with Gasteiger partial charge in [-0.25, -0.2) is 0 Å². The Balaban J connectivity index is 2.15. The minimum atomic E-state index is -1.46. The summed E-state index contributed by atoms with van der Waals surface area (Å²) < 4.78 is 0. The first-order valence-corrected chi connectivity index (χ1v) is 12.7. The van der Waals surface area contributed by atoms with Crippen LogP contribution in [0.2, 0.25) is 23.7 Å². The van der Waals surface area contributed by atoms with Gasteiger partial charge in [-0.15, -0.1) is 6.58 Å². The van der Waals surface area contributed by atoms with Crippen LogP contribution in [0, 0.1) is 5.41 Å². The number of nitrogens with one attached hydrogen (secondary N) is 1. The third-order valence-electron chi connectivity index (χ3n) is 6.85. The fourth-order valence-electron chi connectivity index (χ4n) is 4.51. The van der Waals surface area contributed by atoms with Gasteiger partial charge in [0.1, 0.15) is 0 Å². The molecule has 1 aliphatic carbocycles. The maximum Gasteiger partial charge on any atom is 0.0604 e. The zero-order valence-electron chi connectivity index (χ0n) is 16.5. The van der Waals surface area contributed by atoms with Gasteiger partial charge in [0.15, 0.2) is 0 Å². The Bertz CT molecular complexity index is 521. The Morgan fingerprint density at radius 1 is 1.17 bits per heavy atom. The van der Waals surface area contributed by atoms with E-state index in [1.54, 1.807) is 0 Å². The van der Waals surface area contributed by atoms with E-state index < -0.39 is 8.07 Å². The van der Waals surface area contributed by atoms with Crippen molar-refractivity contribution in [3.8, 4) is 0 Å². The molecular weight excluding hydrogens is 306 g/mol. The van der Waals surface area contributed by atoms with Crippen LogP contribution in [0.15, 0.2) is 43.0 Å². The van der Waals surface area contributed by atoms with Crippen molar-refractivity contribution in [1.29, 1.82) is 0 Å². The molecule has 1 nitrogen and oxygen atoms in total. The summed E-state index contributed by atoms with van der Waals surface area (Å²) >= 11 is 0. The Labute approximate surface area is 151 Å². The summed E-state index contributed by atoms with van der Waals surface area (Å²) in [5.41, 5.74) is 2.48. The van der Waals surface area contributed by atoms with Crippen molar-refractivity contribution in [3.63, 3.8) is 0 Å². The predicted octanol–water partition coefficient (Wildman–Crippen LogP) is 6.40. The van der Waals surface area contributed by atoms with Gasteiger partial charge >= 0.3 is 0 Å². The van der Waals surface area contributed by atoms with Crippen LogP contribution in [0.3, 0.4) is 0 Å². The molecule has 1 saturated carbocycles. The average molecular weight is 344 g/mol. The molecule has 2 heteroatoms. The van der Waals surface area contributed by atoms with Crippen molar-refractivity contribution in [2.45, 2.75) is 76.7 Å². The van der Waals surface area contributed by atoms with Crippen LogP contribution in [0.25, 0.3) is 0 Å². The molecule has 0 saturated heterocycles. The van der Waals surface area contributed by atoms with Crippen molar-refractivity contribution >= 4 is 8.07 Å².